The van der Waals surface area contributed by atoms with Gasteiger partial charge in [-0.1, -0.05) is 24.3 Å². The number of fused-ring (bicyclic) bond motifs is 1. The van der Waals surface area contributed by atoms with E-state index in [0.717, 1.165) is 35.4 Å². The molecule has 3 aromatic rings. The fraction of sp³-hybridized carbons (Fsp3) is 0.407. The molecule has 0 spiro atoms. The molecule has 8 heteroatoms. The minimum absolute atomic E-state index is 0.157. The summed E-state index contributed by atoms with van der Waals surface area (Å²) in [5.41, 5.74) is 1.33. The number of carbonyl (C=O) groups is 1. The van der Waals surface area contributed by atoms with E-state index in [0.29, 0.717) is 25.2 Å². The maximum absolute atomic E-state index is 14.7. The molecule has 5 nitrogen and oxygen atoms in total. The monoisotopic (exact) mass is 483 g/mol. The van der Waals surface area contributed by atoms with Gasteiger partial charge in [0.15, 0.2) is 0 Å². The highest BCUT2D eigenvalue weighted by molar-refractivity contribution is 5.92. The zero-order valence-corrected chi connectivity index (χ0v) is 19.7. The molecule has 184 valence electrons. The van der Waals surface area contributed by atoms with Crippen LogP contribution in [0.15, 0.2) is 48.7 Å². The number of nitrogens with one attached hydrogen (secondary N) is 1. The SMILES string of the molecule is CO[C@@]1(c2ccc3nccc(N[C@H](C)c4cccc(C(F)F)c4F)c3c2)CCN(C(=O)C2CC2)C1. The normalized spacial score (nSPS) is 21.0. The van der Waals surface area contributed by atoms with Gasteiger partial charge < -0.3 is 15.0 Å². The minimum atomic E-state index is -2.88. The third kappa shape index (κ3) is 4.35. The molecule has 0 unspecified atom stereocenters. The number of likely N-dealkylation sites (tertiary alicyclic amines) is 1. The summed E-state index contributed by atoms with van der Waals surface area (Å²) in [5.74, 6) is -0.536. The summed E-state index contributed by atoms with van der Waals surface area (Å²) in [4.78, 5) is 19.0. The summed E-state index contributed by atoms with van der Waals surface area (Å²) in [6.45, 7) is 2.88. The van der Waals surface area contributed by atoms with Crippen LogP contribution in [0.2, 0.25) is 0 Å². The zero-order valence-electron chi connectivity index (χ0n) is 19.7. The summed E-state index contributed by atoms with van der Waals surface area (Å²) >= 11 is 0. The van der Waals surface area contributed by atoms with Gasteiger partial charge in [0.25, 0.3) is 6.43 Å². The number of aromatic nitrogens is 1. The molecule has 1 aliphatic carbocycles. The van der Waals surface area contributed by atoms with Crippen molar-refractivity contribution in [2.75, 3.05) is 25.5 Å². The van der Waals surface area contributed by atoms with Gasteiger partial charge >= 0.3 is 0 Å². The van der Waals surface area contributed by atoms with E-state index < -0.39 is 29.4 Å². The number of halogens is 3. The third-order valence-electron chi connectivity index (χ3n) is 7.26. The Labute approximate surface area is 202 Å². The molecule has 5 rings (SSSR count). The van der Waals surface area contributed by atoms with Crippen LogP contribution in [0.25, 0.3) is 10.9 Å². The van der Waals surface area contributed by atoms with Gasteiger partial charge in [-0.05, 0) is 49.9 Å². The lowest BCUT2D eigenvalue weighted by atomic mass is 9.91. The summed E-state index contributed by atoms with van der Waals surface area (Å²) in [6.07, 6.45) is 1.39. The van der Waals surface area contributed by atoms with Gasteiger partial charge in [0.2, 0.25) is 5.91 Å². The first-order valence-electron chi connectivity index (χ1n) is 11.9. The Hall–Kier alpha value is -3.13. The smallest absolute Gasteiger partial charge is 0.266 e. The first-order chi connectivity index (χ1) is 16.8. The van der Waals surface area contributed by atoms with Crippen molar-refractivity contribution < 1.29 is 22.7 Å². The number of methoxy groups -OCH3 is 1. The number of benzene rings is 2. The van der Waals surface area contributed by atoms with Crippen LogP contribution in [-0.2, 0) is 15.1 Å². The van der Waals surface area contributed by atoms with E-state index in [4.69, 9.17) is 4.74 Å². The molecule has 35 heavy (non-hydrogen) atoms. The maximum Gasteiger partial charge on any atom is 0.266 e. The van der Waals surface area contributed by atoms with Crippen LogP contribution in [0.1, 0.15) is 55.3 Å². The Kier molecular flexibility index (Phi) is 6.17. The fourth-order valence-corrected chi connectivity index (χ4v) is 5.02. The van der Waals surface area contributed by atoms with E-state index in [2.05, 4.69) is 10.3 Å². The lowest BCUT2D eigenvalue weighted by Crippen LogP contribution is -2.36. The van der Waals surface area contributed by atoms with Gasteiger partial charge in [-0.2, -0.15) is 0 Å². The minimum Gasteiger partial charge on any atom is -0.378 e. The average molecular weight is 484 g/mol. The first kappa shape index (κ1) is 23.6. The molecule has 2 atom stereocenters. The molecule has 1 amide bonds. The number of hydrogen-bond donors (Lipinski definition) is 1. The second kappa shape index (κ2) is 9.15. The van der Waals surface area contributed by atoms with Crippen LogP contribution in [0.4, 0.5) is 18.9 Å². The average Bonchev–Trinajstić information content (AvgIpc) is 3.62. The number of nitrogens with zero attached hydrogens (tertiary/aromatic N) is 2. The Balaban J connectivity index is 1.46. The van der Waals surface area contributed by atoms with Gasteiger partial charge in [-0.15, -0.1) is 0 Å². The first-order valence-corrected chi connectivity index (χ1v) is 11.9. The molecule has 2 aromatic carbocycles. The fourth-order valence-electron chi connectivity index (χ4n) is 5.02. The zero-order chi connectivity index (χ0) is 24.7. The number of anilines is 1. The molecule has 1 saturated heterocycles. The van der Waals surface area contributed by atoms with E-state index in [1.54, 1.807) is 26.3 Å². The predicted octanol–water partition coefficient (Wildman–Crippen LogP) is 5.97. The lowest BCUT2D eigenvalue weighted by Gasteiger charge is -2.29. The summed E-state index contributed by atoms with van der Waals surface area (Å²) in [6, 6.07) is 11.2. The number of hydrogen-bond acceptors (Lipinski definition) is 4. The number of rotatable bonds is 7. The van der Waals surface area contributed by atoms with Crippen molar-refractivity contribution in [3.8, 4) is 0 Å². The van der Waals surface area contributed by atoms with Crippen molar-refractivity contribution in [3.05, 3.63) is 71.2 Å². The van der Waals surface area contributed by atoms with Crippen molar-refractivity contribution in [3.63, 3.8) is 0 Å². The molecule has 1 saturated carbocycles. The summed E-state index contributed by atoms with van der Waals surface area (Å²) in [5, 5.41) is 4.09. The molecule has 2 aliphatic rings. The highest BCUT2D eigenvalue weighted by atomic mass is 19.3. The number of carbonyl (C=O) groups excluding carboxylic acids is 1. The van der Waals surface area contributed by atoms with E-state index in [1.807, 2.05) is 23.1 Å². The molecular weight excluding hydrogens is 455 g/mol. The number of pyridine rings is 1. The Morgan fingerprint density at radius 2 is 1.97 bits per heavy atom. The topological polar surface area (TPSA) is 54.5 Å². The summed E-state index contributed by atoms with van der Waals surface area (Å²) in [7, 11) is 1.67. The maximum atomic E-state index is 14.7. The molecule has 2 fully saturated rings. The highest BCUT2D eigenvalue weighted by Crippen LogP contribution is 2.40. The van der Waals surface area contributed by atoms with Gasteiger partial charge in [0.05, 0.1) is 23.7 Å². The van der Waals surface area contributed by atoms with Crippen LogP contribution < -0.4 is 5.32 Å². The standard InChI is InChI=1S/C27H28F3N3O2/c1-16(19-4-3-5-20(24(19)28)25(29)30)32-23-10-12-31-22-9-8-18(14-21(22)23)27(35-2)11-13-33(15-27)26(34)17-6-7-17/h3-5,8-10,12,14,16-17,25H,6-7,11,13,15H2,1-2H3,(H,31,32)/t16-,27+/m1/s1. The lowest BCUT2D eigenvalue weighted by molar-refractivity contribution is -0.132. The molecule has 2 heterocycles. The third-order valence-corrected chi connectivity index (χ3v) is 7.26. The van der Waals surface area contributed by atoms with Gasteiger partial charge in [-0.3, -0.25) is 9.78 Å². The molecular formula is C27H28F3N3O2. The van der Waals surface area contributed by atoms with Gasteiger partial charge in [0, 0.05) is 42.4 Å². The van der Waals surface area contributed by atoms with Crippen molar-refractivity contribution in [1.82, 2.24) is 9.88 Å². The van der Waals surface area contributed by atoms with Crippen molar-refractivity contribution >= 4 is 22.5 Å². The Bertz CT molecular complexity index is 1260. The predicted molar refractivity (Wildman–Crippen MR) is 128 cm³/mol. The number of ether oxygens (including phenoxy) is 1. The molecule has 1 N–H and O–H groups in total. The molecule has 1 aliphatic heterocycles. The van der Waals surface area contributed by atoms with Crippen LogP contribution in [0.5, 0.6) is 0 Å². The van der Waals surface area contributed by atoms with Crippen LogP contribution in [0, 0.1) is 11.7 Å². The largest absolute Gasteiger partial charge is 0.378 e. The second-order valence-electron chi connectivity index (χ2n) is 9.49. The van der Waals surface area contributed by atoms with E-state index in [9.17, 15) is 18.0 Å². The van der Waals surface area contributed by atoms with E-state index >= 15 is 0 Å². The molecule has 1 aromatic heterocycles. The quantitative estimate of drug-likeness (QED) is 0.450. The van der Waals surface area contributed by atoms with E-state index in [1.165, 1.54) is 12.1 Å². The van der Waals surface area contributed by atoms with Crippen molar-refractivity contribution in [2.45, 2.75) is 44.3 Å². The second-order valence-corrected chi connectivity index (χ2v) is 9.49. The van der Waals surface area contributed by atoms with E-state index in [-0.39, 0.29) is 17.4 Å². The number of amides is 1. The van der Waals surface area contributed by atoms with Gasteiger partial charge in [-0.25, -0.2) is 13.2 Å². The number of alkyl halides is 2. The highest BCUT2D eigenvalue weighted by Gasteiger charge is 2.45. The van der Waals surface area contributed by atoms with Crippen molar-refractivity contribution in [1.29, 1.82) is 0 Å². The van der Waals surface area contributed by atoms with Crippen LogP contribution >= 0.6 is 0 Å². The van der Waals surface area contributed by atoms with Crippen LogP contribution in [-0.4, -0.2) is 36.0 Å². The van der Waals surface area contributed by atoms with Gasteiger partial charge in [0.1, 0.15) is 11.4 Å². The molecule has 0 bridgehead atoms. The van der Waals surface area contributed by atoms with Crippen molar-refractivity contribution in [2.24, 2.45) is 5.92 Å². The van der Waals surface area contributed by atoms with Crippen LogP contribution in [0.3, 0.4) is 0 Å². The Morgan fingerprint density at radius 3 is 2.69 bits per heavy atom. The Morgan fingerprint density at radius 1 is 1.20 bits per heavy atom. The molecule has 0 radical (unpaired) electrons. The summed E-state index contributed by atoms with van der Waals surface area (Å²) < 4.78 is 47.1.